The lowest BCUT2D eigenvalue weighted by Gasteiger charge is -2.29. The quantitative estimate of drug-likeness (QED) is 0.0365. The van der Waals surface area contributed by atoms with Gasteiger partial charge in [0.25, 0.3) is 0 Å². The zero-order valence-corrected chi connectivity index (χ0v) is 53.7. The number of hydrogen-bond acceptors (Lipinski definition) is 16. The van der Waals surface area contributed by atoms with Crippen LogP contribution in [0.1, 0.15) is 117 Å². The fraction of sp³-hybridized carbons (Fsp3) is 0.524. The summed E-state index contributed by atoms with van der Waals surface area (Å²) in [4.78, 5) is 164. The third-order valence-electron chi connectivity index (χ3n) is 14.8. The lowest BCUT2D eigenvalue weighted by atomic mass is 9.96. The number of phenolic OH excluding ortho intramolecular Hbond substituents is 2. The summed E-state index contributed by atoms with van der Waals surface area (Å²) >= 11 is 1.32. The molecule has 3 aromatic rings. The van der Waals surface area contributed by atoms with Crippen molar-refractivity contribution >= 4 is 82.7 Å². The summed E-state index contributed by atoms with van der Waals surface area (Å²) in [6, 6.07) is 5.99. The van der Waals surface area contributed by atoms with Crippen molar-refractivity contribution in [3.05, 3.63) is 95.6 Å². The number of carboxylic acids is 1. The average molecular weight is 1290 g/mol. The second kappa shape index (κ2) is 38.7. The Morgan fingerprint density at radius 3 is 1.36 bits per heavy atom. The molecule has 11 amide bonds. The standard InChI is InChI=1S/C63H92N12O15S/c1-9-11-17-43(54(66)81)67-58(85)47(31-39-20-24-41(77)25-21-39)72-62(89)52(35(5)6)74-56(83)44(26-27-91-8)68-59(86)46(30-38-18-22-40(76)23-19-38)70-60(87)48(32-50(65)78)71-57(84)45(28-34(3)4)69-61(88)49(33-51(79)80)73-63(90)53(36(7)10-2)75-55(82)42(64)29-37-15-13-12-14-16-37/h12-16,18-25,34-36,42-49,52-53,76-77H,9-11,17,26-33,64H2,1-8H3,(H2,65,78)(H2,66,81)(H,67,85)(H,68,86)(H,69,88)(H,70,87)(H,71,84)(H,72,89)(H,73,90)(H,74,83)(H,75,82)(H,79,80)/t36-,42-,43-,44-,45-,46-,47-,48-,49-,52-,53-/m0/s1. The smallest absolute Gasteiger partial charge is 0.305 e. The normalized spacial score (nSPS) is 14.8. The molecule has 27 nitrogen and oxygen atoms in total. The Hall–Kier alpha value is -8.79. The molecule has 0 aliphatic rings. The maximum Gasteiger partial charge on any atom is 0.305 e. The second-order valence-electron chi connectivity index (χ2n) is 23.3. The van der Waals surface area contributed by atoms with Crippen molar-refractivity contribution in [2.45, 2.75) is 180 Å². The van der Waals surface area contributed by atoms with Gasteiger partial charge in [-0.1, -0.05) is 122 Å². The number of aliphatic carboxylic acids is 1. The van der Waals surface area contributed by atoms with E-state index in [-0.39, 0.29) is 61.7 Å². The van der Waals surface area contributed by atoms with Gasteiger partial charge in [-0.3, -0.25) is 57.5 Å². The summed E-state index contributed by atoms with van der Waals surface area (Å²) in [6.07, 6.45) is 1.30. The van der Waals surface area contributed by atoms with Gasteiger partial charge in [0.1, 0.15) is 65.9 Å². The molecule has 0 spiro atoms. The van der Waals surface area contributed by atoms with E-state index in [1.807, 2.05) is 6.92 Å². The van der Waals surface area contributed by atoms with Gasteiger partial charge in [-0.15, -0.1) is 0 Å². The number of rotatable bonds is 40. The molecule has 91 heavy (non-hydrogen) atoms. The predicted molar refractivity (Wildman–Crippen MR) is 341 cm³/mol. The molecule has 0 saturated heterocycles. The first-order valence-electron chi connectivity index (χ1n) is 30.3. The molecule has 0 aliphatic carbocycles. The lowest BCUT2D eigenvalue weighted by molar-refractivity contribution is -0.142. The number of nitrogens with two attached hydrogens (primary N) is 3. The van der Waals surface area contributed by atoms with Crippen LogP contribution in [-0.4, -0.2) is 159 Å². The molecule has 28 heteroatoms. The van der Waals surface area contributed by atoms with E-state index in [9.17, 15) is 72.9 Å². The van der Waals surface area contributed by atoms with Gasteiger partial charge >= 0.3 is 5.97 Å². The Bertz CT molecular complexity index is 2940. The minimum absolute atomic E-state index is 0.0254. The summed E-state index contributed by atoms with van der Waals surface area (Å²) in [6.45, 7) is 11.9. The molecule has 0 unspecified atom stereocenters. The molecule has 0 aromatic heterocycles. The number of carbonyl (C=O) groups excluding carboxylic acids is 11. The van der Waals surface area contributed by atoms with Crippen molar-refractivity contribution in [2.24, 2.45) is 35.0 Å². The number of carbonyl (C=O) groups is 12. The highest BCUT2D eigenvalue weighted by molar-refractivity contribution is 7.98. The van der Waals surface area contributed by atoms with Crippen LogP contribution in [0.15, 0.2) is 78.9 Å². The first-order chi connectivity index (χ1) is 43.0. The van der Waals surface area contributed by atoms with Gasteiger partial charge in [-0.25, -0.2) is 0 Å². The van der Waals surface area contributed by atoms with Crippen LogP contribution >= 0.6 is 11.8 Å². The molecule has 500 valence electrons. The van der Waals surface area contributed by atoms with Crippen LogP contribution < -0.4 is 65.1 Å². The number of benzene rings is 3. The van der Waals surface area contributed by atoms with Gasteiger partial charge in [0, 0.05) is 12.8 Å². The maximum absolute atomic E-state index is 14.6. The van der Waals surface area contributed by atoms with Crippen molar-refractivity contribution in [2.75, 3.05) is 12.0 Å². The monoisotopic (exact) mass is 1290 g/mol. The first-order valence-corrected chi connectivity index (χ1v) is 31.7. The van der Waals surface area contributed by atoms with Crippen molar-refractivity contribution in [3.8, 4) is 11.5 Å². The minimum atomic E-state index is -1.84. The van der Waals surface area contributed by atoms with Crippen LogP contribution in [0.25, 0.3) is 0 Å². The van der Waals surface area contributed by atoms with E-state index >= 15 is 0 Å². The number of hydrogen-bond donors (Lipinski definition) is 15. The predicted octanol–water partition coefficient (Wildman–Crippen LogP) is 0.343. The maximum atomic E-state index is 14.6. The molecule has 0 bridgehead atoms. The highest BCUT2D eigenvalue weighted by Crippen LogP contribution is 2.17. The van der Waals surface area contributed by atoms with Crippen molar-refractivity contribution in [3.63, 3.8) is 0 Å². The summed E-state index contributed by atoms with van der Waals surface area (Å²) in [5.41, 5.74) is 19.1. The zero-order valence-electron chi connectivity index (χ0n) is 52.9. The minimum Gasteiger partial charge on any atom is -0.508 e. The number of phenols is 2. The Labute approximate surface area is 534 Å². The number of amides is 11. The molecule has 3 aromatic carbocycles. The average Bonchev–Trinajstić information content (AvgIpc) is 1.34. The van der Waals surface area contributed by atoms with Gasteiger partial charge in [-0.05, 0) is 96.4 Å². The first kappa shape index (κ1) is 76.5. The summed E-state index contributed by atoms with van der Waals surface area (Å²) < 4.78 is 0. The molecule has 0 aliphatic heterocycles. The van der Waals surface area contributed by atoms with E-state index < -0.39 is 156 Å². The van der Waals surface area contributed by atoms with Crippen molar-refractivity contribution < 1.29 is 72.9 Å². The van der Waals surface area contributed by atoms with Gasteiger partial charge < -0.3 is 80.4 Å². The van der Waals surface area contributed by atoms with Gasteiger partial charge in [-0.2, -0.15) is 11.8 Å². The van der Waals surface area contributed by atoms with E-state index in [0.29, 0.717) is 30.4 Å². The number of thioether (sulfide) groups is 1. The van der Waals surface area contributed by atoms with E-state index in [0.717, 1.165) is 5.56 Å². The van der Waals surface area contributed by atoms with Crippen LogP contribution in [0.4, 0.5) is 0 Å². The van der Waals surface area contributed by atoms with E-state index in [1.165, 1.54) is 60.3 Å². The summed E-state index contributed by atoms with van der Waals surface area (Å²) in [5.74, 6) is -13.1. The third kappa shape index (κ3) is 27.1. The van der Waals surface area contributed by atoms with Crippen LogP contribution in [0.3, 0.4) is 0 Å². The SMILES string of the molecule is CCCC[C@H](NC(=O)[C@H](Cc1ccc(O)cc1)NC(=O)[C@@H](NC(=O)[C@H](CCSC)NC(=O)[C@H](Cc1ccc(O)cc1)NC(=O)[C@H](CC(N)=O)NC(=O)[C@H](CC(C)C)NC(=O)[C@H](CC(=O)O)NC(=O)[C@@H](NC(=O)[C@@H](N)Cc1ccccc1)[C@@H](C)CC)C(C)C)C(N)=O. The van der Waals surface area contributed by atoms with Crippen LogP contribution in [-0.2, 0) is 76.8 Å². The molecule has 0 fully saturated rings. The number of aromatic hydroxyl groups is 2. The van der Waals surface area contributed by atoms with E-state index in [2.05, 4.69) is 47.9 Å². The second-order valence-corrected chi connectivity index (χ2v) is 24.3. The Kier molecular flexibility index (Phi) is 32.5. The Morgan fingerprint density at radius 2 is 0.890 bits per heavy atom. The number of primary amides is 2. The highest BCUT2D eigenvalue weighted by Gasteiger charge is 2.38. The molecular weight excluding hydrogens is 1200 g/mol. The topological polar surface area (TPSA) is 452 Å². The van der Waals surface area contributed by atoms with E-state index in [4.69, 9.17) is 17.2 Å². The lowest BCUT2D eigenvalue weighted by Crippen LogP contribution is -2.62. The molecule has 0 saturated carbocycles. The van der Waals surface area contributed by atoms with Gasteiger partial charge in [0.15, 0.2) is 0 Å². The fourth-order valence-corrected chi connectivity index (χ4v) is 9.92. The largest absolute Gasteiger partial charge is 0.508 e. The summed E-state index contributed by atoms with van der Waals surface area (Å²) in [7, 11) is 0. The molecule has 18 N–H and O–H groups in total. The zero-order chi connectivity index (χ0) is 68.1. The van der Waals surface area contributed by atoms with Crippen LogP contribution in [0.2, 0.25) is 0 Å². The molecule has 0 heterocycles. The number of nitrogens with one attached hydrogen (secondary N) is 9. The van der Waals surface area contributed by atoms with Gasteiger partial charge in [0.2, 0.25) is 65.0 Å². The molecule has 0 radical (unpaired) electrons. The molecule has 3 rings (SSSR count). The van der Waals surface area contributed by atoms with Crippen molar-refractivity contribution in [1.29, 1.82) is 0 Å². The third-order valence-corrected chi connectivity index (χ3v) is 15.5. The Balaban J connectivity index is 1.94. The highest BCUT2D eigenvalue weighted by atomic mass is 32.2. The number of carboxylic acid groups (broad SMARTS) is 1. The van der Waals surface area contributed by atoms with Crippen LogP contribution in [0.5, 0.6) is 11.5 Å². The summed E-state index contributed by atoms with van der Waals surface area (Å²) in [5, 5.41) is 53.0. The number of unbranched alkanes of at least 4 members (excludes halogenated alkanes) is 1. The molecular formula is C63H92N12O15S. The molecule has 11 atom stereocenters. The van der Waals surface area contributed by atoms with Crippen molar-refractivity contribution in [1.82, 2.24) is 47.9 Å². The fourth-order valence-electron chi connectivity index (χ4n) is 9.45. The van der Waals surface area contributed by atoms with Crippen LogP contribution in [0, 0.1) is 17.8 Å². The van der Waals surface area contributed by atoms with Gasteiger partial charge in [0.05, 0.1) is 18.9 Å². The van der Waals surface area contributed by atoms with E-state index in [1.54, 1.807) is 78.1 Å². The Morgan fingerprint density at radius 1 is 0.473 bits per heavy atom.